The Hall–Kier alpha value is 0.963. The first-order chi connectivity index (χ1) is 10.7. The van der Waals surface area contributed by atoms with Gasteiger partial charge in [-0.2, -0.15) is 0 Å². The molecule has 0 spiro atoms. The first-order valence-corrected chi connectivity index (χ1v) is 12.4. The van der Waals surface area contributed by atoms with Gasteiger partial charge < -0.3 is 0 Å². The van der Waals surface area contributed by atoms with E-state index in [0.29, 0.717) is 20.6 Å². The SMILES string of the molecule is CP(C(C)(C)C)C(C)(C)C.CP(C(C)(C)C)C(C)(C)C.[C-]#[O+].[CH2]C=C.[RuH]. The number of hydrogen-bond donors (Lipinski definition) is 0. The van der Waals surface area contributed by atoms with Crippen molar-refractivity contribution in [2.75, 3.05) is 13.3 Å². The molecule has 1 nitrogen and oxygen atoms in total. The molecule has 0 unspecified atom stereocenters. The van der Waals surface area contributed by atoms with E-state index in [1.165, 1.54) is 6.08 Å². The van der Waals surface area contributed by atoms with Crippen molar-refractivity contribution in [1.82, 2.24) is 0 Å². The zero-order valence-electron chi connectivity index (χ0n) is 20.2. The summed E-state index contributed by atoms with van der Waals surface area (Å²) in [5, 5.41) is 2.03. The Morgan fingerprint density at radius 2 is 0.692 bits per heavy atom. The van der Waals surface area contributed by atoms with Crippen molar-refractivity contribution in [3.8, 4) is 0 Å². The summed E-state index contributed by atoms with van der Waals surface area (Å²) in [6.45, 7) is 43.8. The maximum absolute atomic E-state index is 7.50. The summed E-state index contributed by atoms with van der Waals surface area (Å²) in [6, 6.07) is 0. The standard InChI is InChI=1S/2C9H21P.C3H5.CO.Ru.H/c2*1-8(2,3)10(7)9(4,5)6;1-3-2;1-2;;/h2*1-7H3;3H,1-2H2;;;. The molecule has 0 aliphatic heterocycles. The normalized spacial score (nSPS) is 11.7. The Balaban J connectivity index is -0.0000000878. The third-order valence-electron chi connectivity index (χ3n) is 4.02. The van der Waals surface area contributed by atoms with E-state index >= 15 is 0 Å². The summed E-state index contributed by atoms with van der Waals surface area (Å²) in [6.07, 6.45) is 1.50. The molecule has 1 radical (unpaired) electrons. The first-order valence-electron chi connectivity index (χ1n) is 8.81. The van der Waals surface area contributed by atoms with E-state index in [0.717, 1.165) is 0 Å². The Kier molecular flexibility index (Phi) is 23.0. The van der Waals surface area contributed by atoms with E-state index in [-0.39, 0.29) is 35.3 Å². The van der Waals surface area contributed by atoms with Gasteiger partial charge in [0, 0.05) is 0 Å². The van der Waals surface area contributed by atoms with Gasteiger partial charge in [0.1, 0.15) is 0 Å². The molecular weight excluding hydrogens is 443 g/mol. The average Bonchev–Trinajstić information content (AvgIpc) is 2.37. The molecule has 0 atom stereocenters. The van der Waals surface area contributed by atoms with Crippen LogP contribution in [0.1, 0.15) is 83.1 Å². The van der Waals surface area contributed by atoms with Crippen LogP contribution in [0.4, 0.5) is 0 Å². The van der Waals surface area contributed by atoms with E-state index in [2.05, 4.69) is 117 Å². The Morgan fingerprint density at radius 3 is 0.692 bits per heavy atom. The van der Waals surface area contributed by atoms with Crippen LogP contribution in [0.3, 0.4) is 0 Å². The van der Waals surface area contributed by atoms with E-state index in [9.17, 15) is 0 Å². The monoisotopic (exact) mass is 492 g/mol. The van der Waals surface area contributed by atoms with Crippen LogP contribution in [0.2, 0.25) is 0 Å². The van der Waals surface area contributed by atoms with Gasteiger partial charge in [0.2, 0.25) is 0 Å². The van der Waals surface area contributed by atoms with E-state index < -0.39 is 0 Å². The Morgan fingerprint density at radius 1 is 0.615 bits per heavy atom. The number of hydrogen-bond acceptors (Lipinski definition) is 0. The number of allylic oxidation sites excluding steroid dienone is 1. The molecule has 0 aliphatic carbocycles. The second-order valence-corrected chi connectivity index (χ2v) is 17.7. The van der Waals surface area contributed by atoms with Gasteiger partial charge in [0.25, 0.3) is 0 Å². The molecule has 160 valence electrons. The zero-order valence-corrected chi connectivity index (χ0v) is 23.8. The molecule has 0 aromatic carbocycles. The summed E-state index contributed by atoms with van der Waals surface area (Å²) >= 11 is 0. The van der Waals surface area contributed by atoms with Gasteiger partial charge in [-0.1, -0.05) is 105 Å². The van der Waals surface area contributed by atoms with Gasteiger partial charge in [-0.3, -0.25) is 0 Å². The number of rotatable bonds is 0. The quantitative estimate of drug-likeness (QED) is 0.141. The predicted octanol–water partition coefficient (Wildman–Crippen LogP) is 8.09. The summed E-state index contributed by atoms with van der Waals surface area (Å²) in [5.41, 5.74) is 0. The van der Waals surface area contributed by atoms with Crippen LogP contribution in [-0.4, -0.2) is 34.0 Å². The minimum atomic E-state index is 0. The fraction of sp³-hybridized carbons (Fsp3) is 0.818. The molecule has 0 rings (SSSR count). The van der Waals surface area contributed by atoms with Gasteiger partial charge in [-0.25, -0.2) is 0 Å². The second kappa shape index (κ2) is 15.8. The van der Waals surface area contributed by atoms with Crippen LogP contribution in [0.5, 0.6) is 0 Å². The molecule has 0 saturated heterocycles. The summed E-state index contributed by atoms with van der Waals surface area (Å²) in [5.74, 6) is 0. The van der Waals surface area contributed by atoms with Gasteiger partial charge >= 0.3 is 30.8 Å². The van der Waals surface area contributed by atoms with Gasteiger partial charge in [-0.05, 0) is 40.9 Å². The molecule has 0 heterocycles. The fourth-order valence-corrected chi connectivity index (χ4v) is 6.04. The molecule has 0 aromatic heterocycles. The van der Waals surface area contributed by atoms with E-state index in [4.69, 9.17) is 4.65 Å². The molecule has 0 fully saturated rings. The molecule has 0 bridgehead atoms. The van der Waals surface area contributed by atoms with Crippen LogP contribution >= 0.6 is 15.8 Å². The summed E-state index contributed by atoms with van der Waals surface area (Å²) in [4.78, 5) is 0. The van der Waals surface area contributed by atoms with Crippen molar-refractivity contribution in [2.45, 2.75) is 104 Å². The van der Waals surface area contributed by atoms with Crippen LogP contribution in [0.15, 0.2) is 12.7 Å². The van der Waals surface area contributed by atoms with Crippen molar-refractivity contribution in [2.24, 2.45) is 0 Å². The molecule has 0 N–H and O–H groups in total. The maximum atomic E-state index is 7.50. The van der Waals surface area contributed by atoms with Crippen LogP contribution in [-0.2, 0) is 24.1 Å². The van der Waals surface area contributed by atoms with Crippen molar-refractivity contribution < 1.29 is 24.1 Å². The Bertz CT molecular complexity index is 292. The van der Waals surface area contributed by atoms with Gasteiger partial charge in [0.05, 0.1) is 0 Å². The van der Waals surface area contributed by atoms with Gasteiger partial charge in [0.15, 0.2) is 0 Å². The van der Waals surface area contributed by atoms with E-state index in [1.54, 1.807) is 0 Å². The Labute approximate surface area is 182 Å². The molecule has 0 aromatic rings. The molecule has 4 heteroatoms. The third kappa shape index (κ3) is 23.0. The van der Waals surface area contributed by atoms with Crippen molar-refractivity contribution in [1.29, 1.82) is 0 Å². The van der Waals surface area contributed by atoms with Crippen LogP contribution in [0, 0.1) is 13.6 Å². The molecule has 0 saturated carbocycles. The minimum absolute atomic E-state index is 0. The summed E-state index contributed by atoms with van der Waals surface area (Å²) < 4.78 is 7.50. The predicted molar refractivity (Wildman–Crippen MR) is 126 cm³/mol. The molecule has 0 aliphatic rings. The van der Waals surface area contributed by atoms with Crippen molar-refractivity contribution >= 4 is 15.8 Å². The average molecular weight is 492 g/mol. The van der Waals surface area contributed by atoms with E-state index in [1.807, 2.05) is 0 Å². The topological polar surface area (TPSA) is 19.9 Å². The van der Waals surface area contributed by atoms with Crippen molar-refractivity contribution in [3.05, 3.63) is 26.2 Å². The third-order valence-corrected chi connectivity index (χ3v) is 12.1. The fourth-order valence-electron chi connectivity index (χ4n) is 2.01. The summed E-state index contributed by atoms with van der Waals surface area (Å²) in [7, 11) is 0.275. The second-order valence-electron chi connectivity index (χ2n) is 10.1. The zero-order chi connectivity index (χ0) is 21.9. The first kappa shape index (κ1) is 37.7. The van der Waals surface area contributed by atoms with Gasteiger partial charge in [-0.15, -0.1) is 6.58 Å². The van der Waals surface area contributed by atoms with Crippen LogP contribution < -0.4 is 0 Å². The van der Waals surface area contributed by atoms with Crippen LogP contribution in [0.25, 0.3) is 0 Å². The van der Waals surface area contributed by atoms with Crippen molar-refractivity contribution in [3.63, 3.8) is 0 Å². The molecular formula is C22H48OP2Ru. The molecule has 0 amide bonds. The molecule has 26 heavy (non-hydrogen) atoms.